The first-order valence-corrected chi connectivity index (χ1v) is 5.16. The summed E-state index contributed by atoms with van der Waals surface area (Å²) >= 11 is 0. The molecule has 0 radical (unpaired) electrons. The molecule has 3 heteroatoms. The number of hydrogen-bond acceptors (Lipinski definition) is 3. The second-order valence-corrected chi connectivity index (χ2v) is 3.41. The van der Waals surface area contributed by atoms with Crippen molar-refractivity contribution in [2.45, 2.75) is 58.7 Å². The van der Waals surface area contributed by atoms with Gasteiger partial charge >= 0.3 is 0 Å². The van der Waals surface area contributed by atoms with Crippen LogP contribution in [0.3, 0.4) is 0 Å². The highest BCUT2D eigenvalue weighted by Crippen LogP contribution is 2.09. The maximum Gasteiger partial charge on any atom is 0.0924 e. The van der Waals surface area contributed by atoms with Gasteiger partial charge in [-0.25, -0.2) is 4.89 Å². The lowest BCUT2D eigenvalue weighted by molar-refractivity contribution is -0.279. The molecule has 0 aliphatic rings. The van der Waals surface area contributed by atoms with Crippen LogP contribution in [0.2, 0.25) is 0 Å². The quantitative estimate of drug-likeness (QED) is 0.363. The molecule has 0 bridgehead atoms. The summed E-state index contributed by atoms with van der Waals surface area (Å²) in [5.41, 5.74) is 0. The summed E-state index contributed by atoms with van der Waals surface area (Å²) in [5.74, 6) is 0. The van der Waals surface area contributed by atoms with Gasteiger partial charge in [-0.3, -0.25) is 5.26 Å². The Morgan fingerprint density at radius 3 is 2.46 bits per heavy atom. The first kappa shape index (κ1) is 12.9. The van der Waals surface area contributed by atoms with Crippen molar-refractivity contribution in [1.29, 1.82) is 0 Å². The predicted molar refractivity (Wildman–Crippen MR) is 52.7 cm³/mol. The third-order valence-electron chi connectivity index (χ3n) is 2.08. The van der Waals surface area contributed by atoms with Crippen LogP contribution in [0.5, 0.6) is 0 Å². The highest BCUT2D eigenvalue weighted by atomic mass is 17.1. The zero-order valence-electron chi connectivity index (χ0n) is 8.95. The molecule has 3 nitrogen and oxygen atoms in total. The van der Waals surface area contributed by atoms with Crippen LogP contribution in [-0.4, -0.2) is 24.1 Å². The molecule has 0 aliphatic carbocycles. The summed E-state index contributed by atoms with van der Waals surface area (Å²) in [7, 11) is 0. The zero-order valence-corrected chi connectivity index (χ0v) is 8.95. The van der Waals surface area contributed by atoms with Gasteiger partial charge in [-0.1, -0.05) is 20.3 Å². The molecule has 0 aromatic heterocycles. The molecule has 0 aromatic carbocycles. The molecule has 0 aliphatic heterocycles. The molecule has 80 valence electrons. The van der Waals surface area contributed by atoms with Gasteiger partial charge in [0.15, 0.2) is 0 Å². The molecule has 0 saturated carbocycles. The van der Waals surface area contributed by atoms with Crippen LogP contribution in [0.15, 0.2) is 0 Å². The third kappa shape index (κ3) is 6.99. The lowest BCUT2D eigenvalue weighted by Gasteiger charge is -2.18. The van der Waals surface area contributed by atoms with Crippen molar-refractivity contribution in [3.63, 3.8) is 0 Å². The van der Waals surface area contributed by atoms with Gasteiger partial charge in [-0.2, -0.15) is 0 Å². The predicted octanol–water partition coefficient (Wildman–Crippen LogP) is 2.85. The minimum Gasteiger partial charge on any atom is -0.378 e. The van der Waals surface area contributed by atoms with Crippen molar-refractivity contribution in [3.8, 4) is 0 Å². The third-order valence-corrected chi connectivity index (χ3v) is 2.08. The highest BCUT2D eigenvalue weighted by molar-refractivity contribution is 4.60. The molecule has 2 atom stereocenters. The number of rotatable bonds is 8. The fraction of sp³-hybridized carbons (Fsp3) is 1.00. The normalized spacial score (nSPS) is 15.7. The molecular formula is C10H22O3. The Kier molecular flexibility index (Phi) is 8.40. The van der Waals surface area contributed by atoms with Crippen LogP contribution < -0.4 is 0 Å². The molecular weight excluding hydrogens is 168 g/mol. The van der Waals surface area contributed by atoms with Crippen LogP contribution >= 0.6 is 0 Å². The van der Waals surface area contributed by atoms with Gasteiger partial charge in [-0.05, 0) is 19.8 Å². The van der Waals surface area contributed by atoms with E-state index in [1.54, 1.807) is 0 Å². The van der Waals surface area contributed by atoms with E-state index in [9.17, 15) is 0 Å². The van der Waals surface area contributed by atoms with E-state index < -0.39 is 0 Å². The highest BCUT2D eigenvalue weighted by Gasteiger charge is 2.11. The Balaban J connectivity index is 3.50. The van der Waals surface area contributed by atoms with Crippen molar-refractivity contribution in [2.75, 3.05) is 6.61 Å². The molecule has 0 fully saturated rings. The lowest BCUT2D eigenvalue weighted by atomic mass is 10.1. The summed E-state index contributed by atoms with van der Waals surface area (Å²) in [5, 5.41) is 8.40. The summed E-state index contributed by atoms with van der Waals surface area (Å²) in [4.78, 5) is 4.21. The summed E-state index contributed by atoms with van der Waals surface area (Å²) < 4.78 is 5.61. The number of unbranched alkanes of at least 4 members (excludes halogenated alkanes) is 1. The zero-order chi connectivity index (χ0) is 10.1. The summed E-state index contributed by atoms with van der Waals surface area (Å²) in [6, 6.07) is 0. The van der Waals surface area contributed by atoms with E-state index in [0.717, 1.165) is 32.3 Å². The SMILES string of the molecule is CCCCO[C@H](CC)C[C@@H](C)OO. The van der Waals surface area contributed by atoms with E-state index in [0.29, 0.717) is 0 Å². The Morgan fingerprint density at radius 2 is 2.00 bits per heavy atom. The van der Waals surface area contributed by atoms with Crippen LogP contribution in [0, 0.1) is 0 Å². The molecule has 0 amide bonds. The van der Waals surface area contributed by atoms with Gasteiger partial charge in [0.25, 0.3) is 0 Å². The topological polar surface area (TPSA) is 38.7 Å². The standard InChI is InChI=1S/C10H22O3/c1-4-6-7-12-10(5-2)8-9(3)13-11/h9-11H,4-8H2,1-3H3/t9-,10-/m1/s1. The fourth-order valence-corrected chi connectivity index (χ4v) is 1.16. The first-order chi connectivity index (χ1) is 6.24. The van der Waals surface area contributed by atoms with Crippen LogP contribution in [0.4, 0.5) is 0 Å². The summed E-state index contributed by atoms with van der Waals surface area (Å²) in [6.07, 6.45) is 4.07. The molecule has 0 aromatic rings. The Morgan fingerprint density at radius 1 is 1.31 bits per heavy atom. The van der Waals surface area contributed by atoms with Gasteiger partial charge in [0.05, 0.1) is 12.2 Å². The number of ether oxygens (including phenoxy) is 1. The largest absolute Gasteiger partial charge is 0.378 e. The fourth-order valence-electron chi connectivity index (χ4n) is 1.16. The maximum atomic E-state index is 8.40. The molecule has 0 spiro atoms. The number of hydrogen-bond donors (Lipinski definition) is 1. The van der Waals surface area contributed by atoms with Crippen LogP contribution in [0.25, 0.3) is 0 Å². The average Bonchev–Trinajstić information content (AvgIpc) is 2.16. The van der Waals surface area contributed by atoms with E-state index in [4.69, 9.17) is 9.99 Å². The van der Waals surface area contributed by atoms with Crippen molar-refractivity contribution in [3.05, 3.63) is 0 Å². The van der Waals surface area contributed by atoms with Gasteiger partial charge in [0, 0.05) is 13.0 Å². The van der Waals surface area contributed by atoms with Gasteiger partial charge in [0.2, 0.25) is 0 Å². The van der Waals surface area contributed by atoms with Crippen molar-refractivity contribution in [1.82, 2.24) is 0 Å². The molecule has 0 saturated heterocycles. The van der Waals surface area contributed by atoms with Gasteiger partial charge in [0.1, 0.15) is 0 Å². The molecule has 0 unspecified atom stereocenters. The average molecular weight is 190 g/mol. The molecule has 0 heterocycles. The Labute approximate surface area is 81.0 Å². The first-order valence-electron chi connectivity index (χ1n) is 5.16. The molecule has 13 heavy (non-hydrogen) atoms. The summed E-state index contributed by atoms with van der Waals surface area (Å²) in [6.45, 7) is 6.88. The van der Waals surface area contributed by atoms with Crippen molar-refractivity contribution < 1.29 is 14.9 Å². The minimum atomic E-state index is -0.133. The Bertz CT molecular complexity index is 106. The molecule has 0 rings (SSSR count). The Hall–Kier alpha value is -0.120. The maximum absolute atomic E-state index is 8.40. The van der Waals surface area contributed by atoms with Crippen LogP contribution in [0.1, 0.15) is 46.5 Å². The second kappa shape index (κ2) is 8.48. The van der Waals surface area contributed by atoms with E-state index in [-0.39, 0.29) is 12.2 Å². The molecule has 1 N–H and O–H groups in total. The lowest BCUT2D eigenvalue weighted by Crippen LogP contribution is -2.20. The monoisotopic (exact) mass is 190 g/mol. The van der Waals surface area contributed by atoms with E-state index in [2.05, 4.69) is 18.7 Å². The second-order valence-electron chi connectivity index (χ2n) is 3.41. The van der Waals surface area contributed by atoms with Gasteiger partial charge in [-0.15, -0.1) is 0 Å². The van der Waals surface area contributed by atoms with Crippen molar-refractivity contribution in [2.24, 2.45) is 0 Å². The van der Waals surface area contributed by atoms with E-state index in [1.165, 1.54) is 0 Å². The van der Waals surface area contributed by atoms with E-state index in [1.807, 2.05) is 6.92 Å². The minimum absolute atomic E-state index is 0.133. The smallest absolute Gasteiger partial charge is 0.0924 e. The van der Waals surface area contributed by atoms with E-state index >= 15 is 0 Å². The van der Waals surface area contributed by atoms with Gasteiger partial charge < -0.3 is 4.74 Å². The van der Waals surface area contributed by atoms with Crippen LogP contribution in [-0.2, 0) is 9.62 Å². The van der Waals surface area contributed by atoms with Crippen molar-refractivity contribution >= 4 is 0 Å².